The molecule has 146 valence electrons. The minimum absolute atomic E-state index is 0.114. The molecule has 5 nitrogen and oxygen atoms in total. The van der Waals surface area contributed by atoms with Crippen LogP contribution >= 0.6 is 23.2 Å². The van der Waals surface area contributed by atoms with Gasteiger partial charge in [-0.15, -0.1) is 0 Å². The maximum atomic E-state index is 12.4. The Kier molecular flexibility index (Phi) is 7.02. The van der Waals surface area contributed by atoms with Crippen LogP contribution in [0.5, 0.6) is 0 Å². The third-order valence-electron chi connectivity index (χ3n) is 4.19. The van der Waals surface area contributed by atoms with Gasteiger partial charge in [0.15, 0.2) is 0 Å². The van der Waals surface area contributed by atoms with Crippen molar-refractivity contribution in [1.29, 1.82) is 0 Å². The number of carbonyl (C=O) groups is 2. The van der Waals surface area contributed by atoms with Gasteiger partial charge in [-0.25, -0.2) is 4.79 Å². The van der Waals surface area contributed by atoms with Gasteiger partial charge in [-0.05, 0) is 25.1 Å². The highest BCUT2D eigenvalue weighted by atomic mass is 35.5. The van der Waals surface area contributed by atoms with Crippen molar-refractivity contribution in [2.75, 3.05) is 26.2 Å². The molecule has 7 heteroatoms. The molecule has 1 aliphatic rings. The number of rotatable bonds is 1. The Hall–Kier alpha value is -1.90. The minimum Gasteiger partial charge on any atom is -0.339 e. The standard InChI is InChI=1S/C20H25Cl2N3O2/c1-14(5-6-15-7-8-16(21)17(22)13-15)23-19(27)25-11-9-24(10-12-25)18(26)20(2,3)4/h7-8,13-14H,9-12H2,1-4H3,(H,23,27). The molecule has 1 fully saturated rings. The lowest BCUT2D eigenvalue weighted by Crippen LogP contribution is -2.55. The van der Waals surface area contributed by atoms with Crippen molar-refractivity contribution >= 4 is 35.1 Å². The molecule has 3 amide bonds. The Bertz CT molecular complexity index is 770. The second kappa shape index (κ2) is 8.86. The van der Waals surface area contributed by atoms with Crippen LogP contribution in [-0.4, -0.2) is 54.0 Å². The summed E-state index contributed by atoms with van der Waals surface area (Å²) in [5, 5.41) is 3.80. The van der Waals surface area contributed by atoms with Crippen molar-refractivity contribution in [2.24, 2.45) is 5.41 Å². The van der Waals surface area contributed by atoms with Gasteiger partial charge in [-0.1, -0.05) is 55.8 Å². The van der Waals surface area contributed by atoms with Crippen molar-refractivity contribution in [1.82, 2.24) is 15.1 Å². The number of benzene rings is 1. The molecule has 1 heterocycles. The number of amides is 3. The lowest BCUT2D eigenvalue weighted by molar-refractivity contribution is -0.140. The van der Waals surface area contributed by atoms with E-state index in [1.54, 1.807) is 23.1 Å². The fraction of sp³-hybridized carbons (Fsp3) is 0.500. The maximum Gasteiger partial charge on any atom is 0.318 e. The monoisotopic (exact) mass is 409 g/mol. The number of piperazine rings is 1. The van der Waals surface area contributed by atoms with Crippen molar-refractivity contribution in [3.63, 3.8) is 0 Å². The molecule has 0 aromatic heterocycles. The van der Waals surface area contributed by atoms with E-state index < -0.39 is 5.41 Å². The molecule has 0 saturated carbocycles. The predicted octanol–water partition coefficient (Wildman–Crippen LogP) is 3.63. The molecule has 0 radical (unpaired) electrons. The Morgan fingerprint density at radius 1 is 1.07 bits per heavy atom. The molecule has 27 heavy (non-hydrogen) atoms. The summed E-state index contributed by atoms with van der Waals surface area (Å²) in [4.78, 5) is 28.2. The highest BCUT2D eigenvalue weighted by Crippen LogP contribution is 2.22. The highest BCUT2D eigenvalue weighted by Gasteiger charge is 2.30. The minimum atomic E-state index is -0.404. The van der Waals surface area contributed by atoms with Gasteiger partial charge >= 0.3 is 6.03 Å². The molecule has 1 aromatic carbocycles. The van der Waals surface area contributed by atoms with Crippen LogP contribution < -0.4 is 5.32 Å². The molecular formula is C20H25Cl2N3O2. The zero-order valence-electron chi connectivity index (χ0n) is 16.1. The van der Waals surface area contributed by atoms with Gasteiger partial charge in [0, 0.05) is 37.2 Å². The Morgan fingerprint density at radius 2 is 1.67 bits per heavy atom. The first-order chi connectivity index (χ1) is 12.6. The van der Waals surface area contributed by atoms with Gasteiger partial charge in [0.05, 0.1) is 16.1 Å². The van der Waals surface area contributed by atoms with E-state index in [0.29, 0.717) is 36.2 Å². The summed E-state index contributed by atoms with van der Waals surface area (Å²) >= 11 is 11.9. The van der Waals surface area contributed by atoms with Crippen molar-refractivity contribution in [2.45, 2.75) is 33.7 Å². The predicted molar refractivity (Wildman–Crippen MR) is 109 cm³/mol. The van der Waals surface area contributed by atoms with Crippen LogP contribution in [0.4, 0.5) is 4.79 Å². The summed E-state index contributed by atoms with van der Waals surface area (Å²) < 4.78 is 0. The van der Waals surface area contributed by atoms with Crippen molar-refractivity contribution in [3.05, 3.63) is 33.8 Å². The second-order valence-corrected chi connectivity index (χ2v) is 8.41. The third kappa shape index (κ3) is 6.05. The second-order valence-electron chi connectivity index (χ2n) is 7.60. The first-order valence-corrected chi connectivity index (χ1v) is 9.65. The molecule has 0 bridgehead atoms. The molecule has 0 spiro atoms. The maximum absolute atomic E-state index is 12.4. The Morgan fingerprint density at radius 3 is 2.22 bits per heavy atom. The smallest absolute Gasteiger partial charge is 0.318 e. The zero-order valence-corrected chi connectivity index (χ0v) is 17.6. The summed E-state index contributed by atoms with van der Waals surface area (Å²) in [6.07, 6.45) is 0. The van der Waals surface area contributed by atoms with Crippen molar-refractivity contribution in [3.8, 4) is 11.8 Å². The lowest BCUT2D eigenvalue weighted by atomic mass is 9.94. The van der Waals surface area contributed by atoms with Gasteiger partial charge in [0.25, 0.3) is 0 Å². The van der Waals surface area contributed by atoms with Crippen LogP contribution in [0.15, 0.2) is 18.2 Å². The van der Waals surface area contributed by atoms with Crippen LogP contribution in [0.2, 0.25) is 10.0 Å². The van der Waals surface area contributed by atoms with Gasteiger partial charge in [-0.3, -0.25) is 4.79 Å². The number of nitrogens with one attached hydrogen (secondary N) is 1. The van der Waals surface area contributed by atoms with E-state index in [9.17, 15) is 9.59 Å². The summed E-state index contributed by atoms with van der Waals surface area (Å²) in [5.74, 6) is 6.08. The van der Waals surface area contributed by atoms with Crippen LogP contribution in [0.25, 0.3) is 0 Å². The average molecular weight is 410 g/mol. The van der Waals surface area contributed by atoms with E-state index in [0.717, 1.165) is 5.56 Å². The molecule has 1 atom stereocenters. The fourth-order valence-corrected chi connectivity index (χ4v) is 2.96. The lowest BCUT2D eigenvalue weighted by Gasteiger charge is -2.37. The van der Waals surface area contributed by atoms with E-state index in [2.05, 4.69) is 17.2 Å². The molecule has 2 rings (SSSR count). The topological polar surface area (TPSA) is 52.7 Å². The fourth-order valence-electron chi connectivity index (χ4n) is 2.67. The number of hydrogen-bond acceptors (Lipinski definition) is 2. The van der Waals surface area contributed by atoms with Gasteiger partial charge < -0.3 is 15.1 Å². The number of urea groups is 1. The van der Waals surface area contributed by atoms with Gasteiger partial charge in [0.1, 0.15) is 0 Å². The molecule has 1 aliphatic heterocycles. The summed E-state index contributed by atoms with van der Waals surface area (Å²) in [6.45, 7) is 9.66. The van der Waals surface area contributed by atoms with E-state index in [1.165, 1.54) is 0 Å². The van der Waals surface area contributed by atoms with E-state index >= 15 is 0 Å². The number of hydrogen-bond donors (Lipinski definition) is 1. The molecule has 1 N–H and O–H groups in total. The van der Waals surface area contributed by atoms with Crippen LogP contribution in [0, 0.1) is 17.3 Å². The zero-order chi connectivity index (χ0) is 20.2. The average Bonchev–Trinajstić information content (AvgIpc) is 2.61. The van der Waals surface area contributed by atoms with Crippen LogP contribution in [0.3, 0.4) is 0 Å². The largest absolute Gasteiger partial charge is 0.339 e. The number of carbonyl (C=O) groups excluding carboxylic acids is 2. The normalized spacial score (nSPS) is 15.6. The Labute approximate surface area is 171 Å². The van der Waals surface area contributed by atoms with Crippen molar-refractivity contribution < 1.29 is 9.59 Å². The highest BCUT2D eigenvalue weighted by molar-refractivity contribution is 6.42. The van der Waals surface area contributed by atoms with Gasteiger partial charge in [-0.2, -0.15) is 0 Å². The third-order valence-corrected chi connectivity index (χ3v) is 4.93. The molecule has 1 saturated heterocycles. The first kappa shape index (κ1) is 21.4. The first-order valence-electron chi connectivity index (χ1n) is 8.89. The van der Waals surface area contributed by atoms with E-state index in [-0.39, 0.29) is 18.0 Å². The molecular weight excluding hydrogens is 385 g/mol. The van der Waals surface area contributed by atoms with Crippen LogP contribution in [-0.2, 0) is 4.79 Å². The SMILES string of the molecule is CC(C#Cc1ccc(Cl)c(Cl)c1)NC(=O)N1CCN(C(=O)C(C)(C)C)CC1. The quantitative estimate of drug-likeness (QED) is 0.719. The number of halogens is 2. The van der Waals surface area contributed by atoms with Gasteiger partial charge in [0.2, 0.25) is 5.91 Å². The molecule has 0 aliphatic carbocycles. The summed E-state index contributed by atoms with van der Waals surface area (Å²) in [5.41, 5.74) is 0.332. The number of nitrogens with zero attached hydrogens (tertiary/aromatic N) is 2. The molecule has 1 aromatic rings. The Balaban J connectivity index is 1.86. The van der Waals surface area contributed by atoms with Crippen LogP contribution in [0.1, 0.15) is 33.3 Å². The van der Waals surface area contributed by atoms with E-state index in [1.807, 2.05) is 32.6 Å². The summed E-state index contributed by atoms with van der Waals surface area (Å²) in [7, 11) is 0. The summed E-state index contributed by atoms with van der Waals surface area (Å²) in [6, 6.07) is 4.67. The van der Waals surface area contributed by atoms with E-state index in [4.69, 9.17) is 23.2 Å². The molecule has 1 unspecified atom stereocenters.